The third-order valence-electron chi connectivity index (χ3n) is 6.90. The molecule has 1 aliphatic heterocycles. The first-order valence-corrected chi connectivity index (χ1v) is 11.3. The lowest BCUT2D eigenvalue weighted by atomic mass is 9.76. The molecule has 2 aromatic carbocycles. The van der Waals surface area contributed by atoms with Gasteiger partial charge in [-0.25, -0.2) is 0 Å². The van der Waals surface area contributed by atoms with Crippen LogP contribution in [0.15, 0.2) is 71.0 Å². The lowest BCUT2D eigenvalue weighted by Gasteiger charge is -2.32. The standard InChI is InChI=1S/C27H17NO3S/c1-27(2)20-8-5-7-16-15-6-3-4-9-22(15)28(23(16)20)26-21(27)11-14(32-26)10-17-24(29)18-12-31-13-19(18)25(17)30/h3-13H,1-2H3. The normalized spacial score (nSPS) is 16.1. The van der Waals surface area contributed by atoms with Gasteiger partial charge in [-0.1, -0.05) is 50.2 Å². The van der Waals surface area contributed by atoms with Gasteiger partial charge in [-0.2, -0.15) is 0 Å². The average molecular weight is 436 g/mol. The third kappa shape index (κ3) is 2.02. The molecule has 0 saturated heterocycles. The molecule has 0 spiro atoms. The Kier molecular flexibility index (Phi) is 3.22. The molecule has 0 unspecified atom stereocenters. The number of furan rings is 1. The van der Waals surface area contributed by atoms with Crippen LogP contribution in [0.5, 0.6) is 0 Å². The molecule has 5 heteroatoms. The number of thiophene rings is 1. The van der Waals surface area contributed by atoms with Crippen LogP contribution in [0.1, 0.15) is 50.6 Å². The molecule has 0 bridgehead atoms. The van der Waals surface area contributed by atoms with Crippen molar-refractivity contribution in [2.45, 2.75) is 19.3 Å². The van der Waals surface area contributed by atoms with E-state index in [0.717, 1.165) is 9.88 Å². The van der Waals surface area contributed by atoms with Crippen molar-refractivity contribution in [2.24, 2.45) is 0 Å². The summed E-state index contributed by atoms with van der Waals surface area (Å²) in [5.74, 6) is -0.525. The number of aromatic nitrogens is 1. The molecule has 7 rings (SSSR count). The van der Waals surface area contributed by atoms with E-state index < -0.39 is 0 Å². The van der Waals surface area contributed by atoms with E-state index in [1.165, 1.54) is 45.5 Å². The van der Waals surface area contributed by atoms with Crippen molar-refractivity contribution in [3.05, 3.63) is 93.8 Å². The highest BCUT2D eigenvalue weighted by atomic mass is 32.1. The Morgan fingerprint density at radius 2 is 1.62 bits per heavy atom. The second kappa shape index (κ2) is 5.75. The first kappa shape index (κ1) is 17.9. The molecule has 0 saturated carbocycles. The van der Waals surface area contributed by atoms with Crippen molar-refractivity contribution in [3.8, 4) is 5.00 Å². The molecule has 0 atom stereocenters. The fraction of sp³-hybridized carbons (Fsp3) is 0.111. The fourth-order valence-electron chi connectivity index (χ4n) is 5.28. The number of hydrogen-bond donors (Lipinski definition) is 0. The molecule has 5 aromatic rings. The number of benzene rings is 2. The van der Waals surface area contributed by atoms with Gasteiger partial charge >= 0.3 is 0 Å². The maximum atomic E-state index is 12.8. The van der Waals surface area contributed by atoms with Gasteiger partial charge in [0.2, 0.25) is 11.6 Å². The van der Waals surface area contributed by atoms with E-state index in [1.807, 2.05) is 0 Å². The summed E-state index contributed by atoms with van der Waals surface area (Å²) in [6.07, 6.45) is 4.47. The Labute approximate surface area is 187 Å². The molecule has 0 fully saturated rings. The van der Waals surface area contributed by atoms with Gasteiger partial charge in [0.15, 0.2) is 0 Å². The molecule has 0 radical (unpaired) electrons. The molecule has 4 nitrogen and oxygen atoms in total. The van der Waals surface area contributed by atoms with E-state index in [2.05, 4.69) is 66.9 Å². The summed E-state index contributed by atoms with van der Waals surface area (Å²) in [6.45, 7) is 4.49. The van der Waals surface area contributed by atoms with Crippen molar-refractivity contribution >= 4 is 50.8 Å². The number of nitrogens with zero attached hydrogens (tertiary/aromatic N) is 1. The molecule has 3 aromatic heterocycles. The van der Waals surface area contributed by atoms with Gasteiger partial charge in [-0.15, -0.1) is 11.3 Å². The van der Waals surface area contributed by atoms with Crippen molar-refractivity contribution in [3.63, 3.8) is 0 Å². The summed E-state index contributed by atoms with van der Waals surface area (Å²) in [5.41, 5.74) is 5.61. The highest BCUT2D eigenvalue weighted by Gasteiger charge is 2.38. The quantitative estimate of drug-likeness (QED) is 0.222. The van der Waals surface area contributed by atoms with Gasteiger partial charge in [-0.3, -0.25) is 9.59 Å². The van der Waals surface area contributed by atoms with E-state index in [9.17, 15) is 9.59 Å². The van der Waals surface area contributed by atoms with Crippen LogP contribution >= 0.6 is 11.3 Å². The van der Waals surface area contributed by atoms with Crippen molar-refractivity contribution in [1.82, 2.24) is 4.57 Å². The number of rotatable bonds is 1. The van der Waals surface area contributed by atoms with Gasteiger partial charge in [0.1, 0.15) is 17.5 Å². The van der Waals surface area contributed by atoms with Crippen molar-refractivity contribution < 1.29 is 14.0 Å². The van der Waals surface area contributed by atoms with Crippen LogP contribution in [0, 0.1) is 0 Å². The molecule has 32 heavy (non-hydrogen) atoms. The third-order valence-corrected chi connectivity index (χ3v) is 7.97. The summed E-state index contributed by atoms with van der Waals surface area (Å²) < 4.78 is 7.40. The SMILES string of the molecule is CC1(C)c2cc(C=C3C(=O)c4cocc4C3=O)sc2-n2c3ccccc3c3cccc1c32. The lowest BCUT2D eigenvalue weighted by molar-refractivity contribution is 0.0988. The zero-order valence-corrected chi connectivity index (χ0v) is 18.2. The van der Waals surface area contributed by atoms with E-state index >= 15 is 0 Å². The number of allylic oxidation sites excluding steroid dienone is 1. The summed E-state index contributed by atoms with van der Waals surface area (Å²) >= 11 is 1.62. The minimum Gasteiger partial charge on any atom is -0.471 e. The second-order valence-corrected chi connectivity index (χ2v) is 10.0. The number of para-hydroxylation sites is 2. The molecule has 2 aliphatic rings. The molecule has 1 aliphatic carbocycles. The number of Topliss-reactive ketones (excluding diaryl/α,β-unsaturated/α-hetero) is 2. The largest absolute Gasteiger partial charge is 0.471 e. The van der Waals surface area contributed by atoms with Crippen LogP contribution in [-0.4, -0.2) is 16.1 Å². The first-order chi connectivity index (χ1) is 15.5. The Hall–Kier alpha value is -3.70. The topological polar surface area (TPSA) is 52.2 Å². The highest BCUT2D eigenvalue weighted by molar-refractivity contribution is 7.15. The summed E-state index contributed by atoms with van der Waals surface area (Å²) in [7, 11) is 0. The first-order valence-electron chi connectivity index (χ1n) is 10.5. The predicted octanol–water partition coefficient (Wildman–Crippen LogP) is 6.54. The number of ketones is 2. The van der Waals surface area contributed by atoms with E-state index in [4.69, 9.17) is 4.42 Å². The number of fused-ring (bicyclic) bond motifs is 6. The Morgan fingerprint density at radius 1 is 0.906 bits per heavy atom. The Morgan fingerprint density at radius 3 is 2.41 bits per heavy atom. The zero-order chi connectivity index (χ0) is 21.8. The Balaban J connectivity index is 1.51. The monoisotopic (exact) mass is 435 g/mol. The maximum Gasteiger partial charge on any atom is 0.201 e. The highest BCUT2D eigenvalue weighted by Crippen LogP contribution is 2.50. The molecular formula is C27H17NO3S. The Bertz CT molecular complexity index is 1660. The van der Waals surface area contributed by atoms with Crippen LogP contribution in [-0.2, 0) is 5.41 Å². The van der Waals surface area contributed by atoms with Crippen LogP contribution in [0.4, 0.5) is 0 Å². The van der Waals surface area contributed by atoms with Crippen LogP contribution in [0.2, 0.25) is 0 Å². The molecular weight excluding hydrogens is 418 g/mol. The van der Waals surface area contributed by atoms with Crippen LogP contribution < -0.4 is 0 Å². The average Bonchev–Trinajstić information content (AvgIpc) is 3.54. The van der Waals surface area contributed by atoms with E-state index in [-0.39, 0.29) is 22.6 Å². The van der Waals surface area contributed by atoms with Gasteiger partial charge in [-0.05, 0) is 29.3 Å². The van der Waals surface area contributed by atoms with Crippen LogP contribution in [0.3, 0.4) is 0 Å². The van der Waals surface area contributed by atoms with Crippen LogP contribution in [0.25, 0.3) is 32.9 Å². The number of carbonyl (C=O) groups excluding carboxylic acids is 2. The van der Waals surface area contributed by atoms with E-state index in [0.29, 0.717) is 11.1 Å². The molecule has 4 heterocycles. The van der Waals surface area contributed by atoms with Gasteiger partial charge in [0.05, 0.1) is 27.7 Å². The van der Waals surface area contributed by atoms with E-state index in [1.54, 1.807) is 17.4 Å². The minimum absolute atomic E-state index is 0.203. The molecule has 0 N–H and O–H groups in total. The summed E-state index contributed by atoms with van der Waals surface area (Å²) in [6, 6.07) is 17.1. The van der Waals surface area contributed by atoms with Gasteiger partial charge < -0.3 is 8.98 Å². The molecule has 154 valence electrons. The van der Waals surface area contributed by atoms with Crippen molar-refractivity contribution in [1.29, 1.82) is 0 Å². The zero-order valence-electron chi connectivity index (χ0n) is 17.4. The summed E-state index contributed by atoms with van der Waals surface area (Å²) in [4.78, 5) is 26.4. The fourth-order valence-corrected chi connectivity index (χ4v) is 6.56. The minimum atomic E-state index is -0.263. The number of hydrogen-bond acceptors (Lipinski definition) is 4. The predicted molar refractivity (Wildman–Crippen MR) is 126 cm³/mol. The number of carbonyl (C=O) groups is 2. The summed E-state index contributed by atoms with van der Waals surface area (Å²) in [5, 5.41) is 3.62. The van der Waals surface area contributed by atoms with Crippen molar-refractivity contribution in [2.75, 3.05) is 0 Å². The maximum absolute atomic E-state index is 12.8. The smallest absolute Gasteiger partial charge is 0.201 e. The second-order valence-electron chi connectivity index (χ2n) is 8.96. The van der Waals surface area contributed by atoms with Gasteiger partial charge in [0.25, 0.3) is 0 Å². The lowest BCUT2D eigenvalue weighted by Crippen LogP contribution is -2.24. The molecule has 0 amide bonds. The van der Waals surface area contributed by atoms with Gasteiger partial charge in [0, 0.05) is 21.1 Å².